The lowest BCUT2D eigenvalue weighted by Gasteiger charge is -2.04. The fourth-order valence-electron chi connectivity index (χ4n) is 2.12. The van der Waals surface area contributed by atoms with Gasteiger partial charge in [0.05, 0.1) is 9.92 Å². The molecule has 0 bridgehead atoms. The van der Waals surface area contributed by atoms with Gasteiger partial charge in [-0.15, -0.1) is 0 Å². The normalized spacial score (nSPS) is 17.4. The lowest BCUT2D eigenvalue weighted by molar-refractivity contribution is 0.483. The van der Waals surface area contributed by atoms with Crippen molar-refractivity contribution in [2.45, 2.75) is 24.2 Å². The predicted octanol–water partition coefficient (Wildman–Crippen LogP) is 2.45. The minimum absolute atomic E-state index is 0.0666. The molecule has 1 aliphatic rings. The summed E-state index contributed by atoms with van der Waals surface area (Å²) >= 11 is 5.68. The Kier molecular flexibility index (Phi) is 6.06. The van der Waals surface area contributed by atoms with Crippen LogP contribution in [-0.4, -0.2) is 36.0 Å². The van der Waals surface area contributed by atoms with Crippen LogP contribution in [0.5, 0.6) is 0 Å². The first-order valence-electron chi connectivity index (χ1n) is 7.08. The van der Waals surface area contributed by atoms with E-state index in [1.54, 1.807) is 24.5 Å². The molecular weight excluding hydrogens is 338 g/mol. The molecule has 1 unspecified atom stereocenters. The highest BCUT2D eigenvalue weighted by atomic mass is 35.5. The number of rotatable bonds is 2. The van der Waals surface area contributed by atoms with E-state index < -0.39 is 10.1 Å². The molecule has 1 aromatic carbocycles. The molecule has 124 valence electrons. The summed E-state index contributed by atoms with van der Waals surface area (Å²) in [5, 5.41) is 3.87. The molecule has 6 nitrogen and oxygen atoms in total. The Morgan fingerprint density at radius 1 is 1.22 bits per heavy atom. The standard InChI is InChI=1S/C8H10ClN3.C7H8O3S/c9-7-4-11-8(12-5-7)6-1-2-10-3-6;1-6-2-4-7(5-3-6)11(8,9)10/h4-6,10H,1-3H2;2-5H,1H3,(H,8,9,10). The van der Waals surface area contributed by atoms with Crippen LogP contribution >= 0.6 is 11.6 Å². The molecule has 2 N–H and O–H groups in total. The summed E-state index contributed by atoms with van der Waals surface area (Å²) in [5.41, 5.74) is 0.956. The molecule has 23 heavy (non-hydrogen) atoms. The van der Waals surface area contributed by atoms with E-state index in [1.807, 2.05) is 6.92 Å². The number of benzene rings is 1. The van der Waals surface area contributed by atoms with Crippen molar-refractivity contribution in [3.8, 4) is 0 Å². The summed E-state index contributed by atoms with van der Waals surface area (Å²) in [6.07, 6.45) is 4.44. The second-order valence-corrected chi connectivity index (χ2v) is 7.10. The van der Waals surface area contributed by atoms with Crippen LogP contribution in [-0.2, 0) is 10.1 Å². The molecule has 1 fully saturated rings. The lowest BCUT2D eigenvalue weighted by Crippen LogP contribution is -2.09. The van der Waals surface area contributed by atoms with Gasteiger partial charge in [0, 0.05) is 24.9 Å². The van der Waals surface area contributed by atoms with E-state index in [0.717, 1.165) is 30.9 Å². The van der Waals surface area contributed by atoms with E-state index in [4.69, 9.17) is 16.2 Å². The summed E-state index contributed by atoms with van der Waals surface area (Å²) in [6.45, 7) is 3.89. The average molecular weight is 356 g/mol. The van der Waals surface area contributed by atoms with Crippen molar-refractivity contribution in [1.29, 1.82) is 0 Å². The Morgan fingerprint density at radius 3 is 2.30 bits per heavy atom. The van der Waals surface area contributed by atoms with Gasteiger partial charge in [-0.05, 0) is 32.0 Å². The highest BCUT2D eigenvalue weighted by Gasteiger charge is 2.18. The first-order valence-corrected chi connectivity index (χ1v) is 8.90. The summed E-state index contributed by atoms with van der Waals surface area (Å²) in [6, 6.07) is 5.99. The number of hydrogen-bond donors (Lipinski definition) is 2. The van der Waals surface area contributed by atoms with Crippen LogP contribution in [0.1, 0.15) is 23.7 Å². The highest BCUT2D eigenvalue weighted by molar-refractivity contribution is 7.85. The number of nitrogens with zero attached hydrogens (tertiary/aromatic N) is 2. The third-order valence-corrected chi connectivity index (χ3v) is 4.45. The molecule has 0 saturated carbocycles. The maximum atomic E-state index is 10.5. The molecule has 0 aliphatic carbocycles. The predicted molar refractivity (Wildman–Crippen MR) is 88.3 cm³/mol. The van der Waals surface area contributed by atoms with E-state index in [1.165, 1.54) is 12.1 Å². The van der Waals surface area contributed by atoms with Gasteiger partial charge in [0.1, 0.15) is 5.82 Å². The molecular formula is C15H18ClN3O3S. The van der Waals surface area contributed by atoms with E-state index >= 15 is 0 Å². The Balaban J connectivity index is 0.000000168. The first-order chi connectivity index (χ1) is 10.9. The van der Waals surface area contributed by atoms with Gasteiger partial charge in [-0.25, -0.2) is 9.97 Å². The molecule has 1 atom stereocenters. The topological polar surface area (TPSA) is 92.2 Å². The molecule has 1 saturated heterocycles. The third kappa shape index (κ3) is 5.54. The second kappa shape index (κ2) is 7.83. The Bertz CT molecular complexity index is 728. The summed E-state index contributed by atoms with van der Waals surface area (Å²) in [5.74, 6) is 1.38. The minimum Gasteiger partial charge on any atom is -0.316 e. The van der Waals surface area contributed by atoms with Crippen molar-refractivity contribution >= 4 is 21.7 Å². The molecule has 0 spiro atoms. The molecule has 0 amide bonds. The largest absolute Gasteiger partial charge is 0.316 e. The highest BCUT2D eigenvalue weighted by Crippen LogP contribution is 2.18. The number of hydrogen-bond acceptors (Lipinski definition) is 5. The van der Waals surface area contributed by atoms with Crippen molar-refractivity contribution in [2.75, 3.05) is 13.1 Å². The monoisotopic (exact) mass is 355 g/mol. The van der Waals surface area contributed by atoms with Crippen LogP contribution in [0.3, 0.4) is 0 Å². The SMILES string of the molecule is Cc1ccc(S(=O)(=O)O)cc1.Clc1cnc(C2CCNC2)nc1. The molecule has 1 aromatic heterocycles. The van der Waals surface area contributed by atoms with Gasteiger partial charge in [0.2, 0.25) is 0 Å². The van der Waals surface area contributed by atoms with Crippen LogP contribution in [0.2, 0.25) is 5.02 Å². The molecule has 8 heteroatoms. The van der Waals surface area contributed by atoms with Gasteiger partial charge in [0.15, 0.2) is 0 Å². The van der Waals surface area contributed by atoms with Crippen molar-refractivity contribution in [1.82, 2.24) is 15.3 Å². The van der Waals surface area contributed by atoms with E-state index in [-0.39, 0.29) is 4.90 Å². The fraction of sp³-hybridized carbons (Fsp3) is 0.333. The maximum absolute atomic E-state index is 10.5. The van der Waals surface area contributed by atoms with Crippen LogP contribution in [0.15, 0.2) is 41.6 Å². The zero-order valence-corrected chi connectivity index (χ0v) is 14.2. The Morgan fingerprint density at radius 2 is 1.83 bits per heavy atom. The van der Waals surface area contributed by atoms with Gasteiger partial charge in [-0.1, -0.05) is 29.3 Å². The molecule has 1 aliphatic heterocycles. The van der Waals surface area contributed by atoms with Gasteiger partial charge in [-0.2, -0.15) is 8.42 Å². The Labute approximate surface area is 140 Å². The van der Waals surface area contributed by atoms with Crippen molar-refractivity contribution < 1.29 is 13.0 Å². The van der Waals surface area contributed by atoms with Crippen molar-refractivity contribution in [3.05, 3.63) is 53.1 Å². The summed E-state index contributed by atoms with van der Waals surface area (Å²) in [7, 11) is -4.02. The molecule has 3 rings (SSSR count). The summed E-state index contributed by atoms with van der Waals surface area (Å²) in [4.78, 5) is 8.29. The van der Waals surface area contributed by atoms with Gasteiger partial charge >= 0.3 is 0 Å². The number of aryl methyl sites for hydroxylation is 1. The maximum Gasteiger partial charge on any atom is 0.294 e. The van der Waals surface area contributed by atoms with E-state index in [0.29, 0.717) is 10.9 Å². The number of aromatic nitrogens is 2. The first kappa shape index (κ1) is 17.8. The number of halogens is 1. The van der Waals surface area contributed by atoms with Crippen LogP contribution in [0.4, 0.5) is 0 Å². The Hall–Kier alpha value is -1.54. The average Bonchev–Trinajstić information content (AvgIpc) is 3.02. The van der Waals surface area contributed by atoms with Crippen molar-refractivity contribution in [2.24, 2.45) is 0 Å². The zero-order valence-electron chi connectivity index (χ0n) is 12.6. The third-order valence-electron chi connectivity index (χ3n) is 3.38. The van der Waals surface area contributed by atoms with Gasteiger partial charge < -0.3 is 5.32 Å². The molecule has 2 heterocycles. The van der Waals surface area contributed by atoms with E-state index in [2.05, 4.69) is 15.3 Å². The van der Waals surface area contributed by atoms with Crippen LogP contribution in [0.25, 0.3) is 0 Å². The summed E-state index contributed by atoms with van der Waals surface area (Å²) < 4.78 is 29.6. The van der Waals surface area contributed by atoms with Crippen LogP contribution < -0.4 is 5.32 Å². The van der Waals surface area contributed by atoms with E-state index in [9.17, 15) is 8.42 Å². The zero-order chi connectivity index (χ0) is 16.9. The van der Waals surface area contributed by atoms with Gasteiger partial charge in [0.25, 0.3) is 10.1 Å². The molecule has 0 radical (unpaired) electrons. The van der Waals surface area contributed by atoms with Gasteiger partial charge in [-0.3, -0.25) is 4.55 Å². The smallest absolute Gasteiger partial charge is 0.294 e. The fourth-order valence-corrected chi connectivity index (χ4v) is 2.70. The van der Waals surface area contributed by atoms with Crippen LogP contribution in [0, 0.1) is 6.92 Å². The van der Waals surface area contributed by atoms with Crippen molar-refractivity contribution in [3.63, 3.8) is 0 Å². The minimum atomic E-state index is -4.02. The quantitative estimate of drug-likeness (QED) is 0.804. The second-order valence-electron chi connectivity index (χ2n) is 5.24. The number of nitrogens with one attached hydrogen (secondary N) is 1. The molecule has 2 aromatic rings. The lowest BCUT2D eigenvalue weighted by atomic mass is 10.1.